The Morgan fingerprint density at radius 2 is 1.87 bits per heavy atom. The largest absolute Gasteiger partial charge is 0.376 e. The highest BCUT2D eigenvalue weighted by atomic mass is 32.2. The van der Waals surface area contributed by atoms with Crippen LogP contribution in [-0.4, -0.2) is 45.1 Å². The second-order valence-electron chi connectivity index (χ2n) is 9.93. The first-order valence-electron chi connectivity index (χ1n) is 12.8. The second kappa shape index (κ2) is 9.80. The van der Waals surface area contributed by atoms with Crippen LogP contribution < -0.4 is 9.21 Å². The molecule has 0 spiro atoms. The molecule has 0 bridgehead atoms. The Hall–Kier alpha value is -3.27. The molecule has 0 saturated carbocycles. The fourth-order valence-electron chi connectivity index (χ4n) is 5.13. The number of carbonyl (C=O) groups is 1. The Labute approximate surface area is 226 Å². The van der Waals surface area contributed by atoms with Crippen LogP contribution >= 0.6 is 11.3 Å². The summed E-state index contributed by atoms with van der Waals surface area (Å²) in [5.41, 5.74) is 5.36. The standard InChI is InChI=1S/C29H29N3O4S2/c1-19-16-25-27(17-20(19)2)37-29(30-25)31(18-23-7-5-15-36-23)28(33)22-9-11-24(12-10-22)38(34,35)32-14-13-21-6-3-4-8-26(21)32/h3-4,6,8-12,16-17,23H,5,7,13-15,18H2,1-2H3. The second-order valence-corrected chi connectivity index (χ2v) is 12.8. The molecule has 1 aromatic heterocycles. The van der Waals surface area contributed by atoms with Gasteiger partial charge in [-0.3, -0.25) is 14.0 Å². The third-order valence-corrected chi connectivity index (χ3v) is 10.3. The van der Waals surface area contributed by atoms with Crippen molar-refractivity contribution in [1.29, 1.82) is 0 Å². The molecule has 1 atom stereocenters. The average molecular weight is 548 g/mol. The van der Waals surface area contributed by atoms with Crippen molar-refractivity contribution in [3.05, 3.63) is 82.9 Å². The summed E-state index contributed by atoms with van der Waals surface area (Å²) in [6, 6.07) is 18.0. The van der Waals surface area contributed by atoms with Crippen LogP contribution in [0.15, 0.2) is 65.6 Å². The van der Waals surface area contributed by atoms with Gasteiger partial charge in [-0.05, 0) is 92.3 Å². The molecular weight excluding hydrogens is 518 g/mol. The minimum atomic E-state index is -3.73. The first kappa shape index (κ1) is 25.0. The molecule has 196 valence electrons. The number of nitrogens with zero attached hydrogens (tertiary/aromatic N) is 3. The van der Waals surface area contributed by atoms with Crippen molar-refractivity contribution in [1.82, 2.24) is 4.98 Å². The molecule has 2 aliphatic heterocycles. The fraction of sp³-hybridized carbons (Fsp3) is 0.310. The number of aryl methyl sites for hydroxylation is 2. The highest BCUT2D eigenvalue weighted by Gasteiger charge is 2.31. The fourth-order valence-corrected chi connectivity index (χ4v) is 7.69. The van der Waals surface area contributed by atoms with Gasteiger partial charge < -0.3 is 4.74 Å². The van der Waals surface area contributed by atoms with Gasteiger partial charge in [0.15, 0.2) is 5.13 Å². The van der Waals surface area contributed by atoms with Crippen LogP contribution in [0.1, 0.15) is 39.9 Å². The van der Waals surface area contributed by atoms with Crippen LogP contribution in [0.5, 0.6) is 0 Å². The first-order chi connectivity index (χ1) is 18.3. The SMILES string of the molecule is Cc1cc2nc(N(CC3CCCO3)C(=O)c3ccc(S(=O)(=O)N4CCc5ccccc54)cc3)sc2cc1C. The Morgan fingerprint density at radius 3 is 2.63 bits per heavy atom. The normalized spacial score (nSPS) is 17.2. The topological polar surface area (TPSA) is 79.8 Å². The monoisotopic (exact) mass is 547 g/mol. The number of anilines is 2. The lowest BCUT2D eigenvalue weighted by Crippen LogP contribution is -2.37. The van der Waals surface area contributed by atoms with Gasteiger partial charge in [0.05, 0.1) is 33.4 Å². The maximum absolute atomic E-state index is 13.8. The number of fused-ring (bicyclic) bond motifs is 2. The van der Waals surface area contributed by atoms with Gasteiger partial charge in [0.1, 0.15) is 0 Å². The van der Waals surface area contributed by atoms with E-state index in [4.69, 9.17) is 9.72 Å². The maximum atomic E-state index is 13.8. The van der Waals surface area contributed by atoms with E-state index in [1.54, 1.807) is 17.0 Å². The first-order valence-corrected chi connectivity index (χ1v) is 15.1. The van der Waals surface area contributed by atoms with Crippen molar-refractivity contribution in [2.45, 2.75) is 44.1 Å². The summed E-state index contributed by atoms with van der Waals surface area (Å²) >= 11 is 1.49. The van der Waals surface area contributed by atoms with E-state index in [1.165, 1.54) is 33.3 Å². The molecule has 1 fully saturated rings. The molecule has 7 nitrogen and oxygen atoms in total. The highest BCUT2D eigenvalue weighted by Crippen LogP contribution is 2.34. The third-order valence-electron chi connectivity index (χ3n) is 7.41. The van der Waals surface area contributed by atoms with Crippen LogP contribution in [-0.2, 0) is 21.2 Å². The molecule has 38 heavy (non-hydrogen) atoms. The number of thiazole rings is 1. The number of para-hydroxylation sites is 1. The van der Waals surface area contributed by atoms with Gasteiger partial charge in [0.2, 0.25) is 0 Å². The maximum Gasteiger partial charge on any atom is 0.264 e. The number of aromatic nitrogens is 1. The molecule has 1 amide bonds. The number of benzene rings is 3. The Balaban J connectivity index is 1.31. The summed E-state index contributed by atoms with van der Waals surface area (Å²) in [6.45, 7) is 5.63. The zero-order valence-corrected chi connectivity index (χ0v) is 23.0. The molecule has 3 aromatic carbocycles. The number of sulfonamides is 1. The minimum Gasteiger partial charge on any atom is -0.376 e. The predicted octanol–water partition coefficient (Wildman–Crippen LogP) is 5.49. The van der Waals surface area contributed by atoms with Crippen LogP contribution in [0.25, 0.3) is 10.2 Å². The van der Waals surface area contributed by atoms with E-state index in [9.17, 15) is 13.2 Å². The van der Waals surface area contributed by atoms with Crippen LogP contribution in [0.4, 0.5) is 10.8 Å². The van der Waals surface area contributed by atoms with E-state index in [2.05, 4.69) is 26.0 Å². The quantitative estimate of drug-likeness (QED) is 0.319. The molecule has 4 aromatic rings. The van der Waals surface area contributed by atoms with Gasteiger partial charge in [0, 0.05) is 18.7 Å². The lowest BCUT2D eigenvalue weighted by molar-refractivity contribution is 0.0917. The van der Waals surface area contributed by atoms with Crippen molar-refractivity contribution in [3.8, 4) is 0 Å². The van der Waals surface area contributed by atoms with Crippen molar-refractivity contribution < 1.29 is 17.9 Å². The molecule has 3 heterocycles. The summed E-state index contributed by atoms with van der Waals surface area (Å²) in [4.78, 5) is 20.5. The van der Waals surface area contributed by atoms with E-state index in [0.717, 1.165) is 39.9 Å². The van der Waals surface area contributed by atoms with E-state index < -0.39 is 10.0 Å². The third kappa shape index (κ3) is 4.48. The molecule has 9 heteroatoms. The van der Waals surface area contributed by atoms with E-state index in [-0.39, 0.29) is 16.9 Å². The van der Waals surface area contributed by atoms with Crippen molar-refractivity contribution >= 4 is 48.3 Å². The van der Waals surface area contributed by atoms with E-state index in [0.29, 0.717) is 36.8 Å². The molecule has 0 aliphatic carbocycles. The average Bonchev–Trinajstić information content (AvgIpc) is 3.67. The summed E-state index contributed by atoms with van der Waals surface area (Å²) < 4.78 is 35.2. The van der Waals surface area contributed by atoms with Gasteiger partial charge in [-0.15, -0.1) is 0 Å². The Morgan fingerprint density at radius 1 is 1.11 bits per heavy atom. The predicted molar refractivity (Wildman–Crippen MR) is 151 cm³/mol. The molecule has 1 unspecified atom stereocenters. The minimum absolute atomic E-state index is 0.0516. The molecule has 2 aliphatic rings. The Kier molecular flexibility index (Phi) is 6.45. The van der Waals surface area contributed by atoms with Gasteiger partial charge in [-0.2, -0.15) is 0 Å². The summed E-state index contributed by atoms with van der Waals surface area (Å²) in [5, 5.41) is 0.621. The number of hydrogen-bond acceptors (Lipinski definition) is 6. The van der Waals surface area contributed by atoms with Gasteiger partial charge in [-0.25, -0.2) is 13.4 Å². The zero-order chi connectivity index (χ0) is 26.4. The summed E-state index contributed by atoms with van der Waals surface area (Å²) in [6.07, 6.45) is 2.49. The highest BCUT2D eigenvalue weighted by molar-refractivity contribution is 7.92. The van der Waals surface area contributed by atoms with Crippen LogP contribution in [0, 0.1) is 13.8 Å². The van der Waals surface area contributed by atoms with Gasteiger partial charge in [0.25, 0.3) is 15.9 Å². The molecule has 6 rings (SSSR count). The van der Waals surface area contributed by atoms with E-state index in [1.807, 2.05) is 24.3 Å². The summed E-state index contributed by atoms with van der Waals surface area (Å²) in [5.74, 6) is -0.219. The number of carbonyl (C=O) groups excluding carboxylic acids is 1. The van der Waals surface area contributed by atoms with Crippen LogP contribution in [0.2, 0.25) is 0 Å². The number of rotatable bonds is 6. The van der Waals surface area contributed by atoms with Crippen molar-refractivity contribution in [2.75, 3.05) is 28.9 Å². The van der Waals surface area contributed by atoms with Crippen molar-refractivity contribution in [2.24, 2.45) is 0 Å². The molecule has 0 N–H and O–H groups in total. The van der Waals surface area contributed by atoms with Crippen LogP contribution in [0.3, 0.4) is 0 Å². The summed E-state index contributed by atoms with van der Waals surface area (Å²) in [7, 11) is -3.73. The molecule has 1 saturated heterocycles. The zero-order valence-electron chi connectivity index (χ0n) is 21.4. The number of amides is 1. The molecular formula is C29H29N3O4S2. The molecule has 0 radical (unpaired) electrons. The van der Waals surface area contributed by atoms with Crippen molar-refractivity contribution in [3.63, 3.8) is 0 Å². The Bertz CT molecular complexity index is 1580. The smallest absolute Gasteiger partial charge is 0.264 e. The van der Waals surface area contributed by atoms with Gasteiger partial charge in [-0.1, -0.05) is 29.5 Å². The number of ether oxygens (including phenoxy) is 1. The van der Waals surface area contributed by atoms with Gasteiger partial charge >= 0.3 is 0 Å². The lowest BCUT2D eigenvalue weighted by atomic mass is 10.1. The lowest BCUT2D eigenvalue weighted by Gasteiger charge is -2.23. The van der Waals surface area contributed by atoms with E-state index >= 15 is 0 Å². The number of hydrogen-bond donors (Lipinski definition) is 0.